The summed E-state index contributed by atoms with van der Waals surface area (Å²) < 4.78 is 13.8. The van der Waals surface area contributed by atoms with Gasteiger partial charge in [0, 0.05) is 0 Å². The summed E-state index contributed by atoms with van der Waals surface area (Å²) >= 11 is 0. The molecular formula is C10H6FN3O3. The zero-order chi connectivity index (χ0) is 12.4. The van der Waals surface area contributed by atoms with Crippen LogP contribution in [-0.2, 0) is 0 Å². The van der Waals surface area contributed by atoms with Gasteiger partial charge in [0.2, 0.25) is 0 Å². The predicted octanol–water partition coefficient (Wildman–Crippen LogP) is 1.73. The highest BCUT2D eigenvalue weighted by Crippen LogP contribution is 2.19. The van der Waals surface area contributed by atoms with Gasteiger partial charge in [-0.05, 0) is 24.3 Å². The van der Waals surface area contributed by atoms with E-state index in [0.717, 1.165) is 10.9 Å². The van der Waals surface area contributed by atoms with Crippen LogP contribution in [0, 0.1) is 15.9 Å². The summed E-state index contributed by atoms with van der Waals surface area (Å²) in [5, 5.41) is 14.3. The molecule has 0 spiro atoms. The summed E-state index contributed by atoms with van der Waals surface area (Å²) in [4.78, 5) is 20.7. The van der Waals surface area contributed by atoms with Crippen LogP contribution < -0.4 is 0 Å². The van der Waals surface area contributed by atoms with E-state index in [1.54, 1.807) is 0 Å². The minimum Gasteiger partial charge on any atom is -0.296 e. The summed E-state index contributed by atoms with van der Waals surface area (Å²) in [7, 11) is 0. The van der Waals surface area contributed by atoms with Gasteiger partial charge in [0.1, 0.15) is 12.0 Å². The molecule has 86 valence electrons. The fourth-order valence-corrected chi connectivity index (χ4v) is 1.39. The molecule has 0 saturated carbocycles. The van der Waals surface area contributed by atoms with Gasteiger partial charge in [-0.3, -0.25) is 14.9 Å². The Morgan fingerprint density at radius 3 is 2.53 bits per heavy atom. The van der Waals surface area contributed by atoms with E-state index in [1.807, 2.05) is 0 Å². The molecular weight excluding hydrogens is 229 g/mol. The number of carbonyl (C=O) groups is 1. The van der Waals surface area contributed by atoms with E-state index in [4.69, 9.17) is 0 Å². The molecule has 0 aliphatic carbocycles. The van der Waals surface area contributed by atoms with Gasteiger partial charge in [-0.2, -0.15) is 5.10 Å². The Kier molecular flexibility index (Phi) is 2.65. The van der Waals surface area contributed by atoms with Gasteiger partial charge in [-0.15, -0.1) is 0 Å². The minimum absolute atomic E-state index is 0.179. The van der Waals surface area contributed by atoms with Crippen molar-refractivity contribution in [2.24, 2.45) is 0 Å². The molecule has 0 radical (unpaired) electrons. The van der Waals surface area contributed by atoms with Crippen LogP contribution in [0.15, 0.2) is 30.5 Å². The van der Waals surface area contributed by atoms with Gasteiger partial charge in [0.25, 0.3) is 0 Å². The maximum absolute atomic E-state index is 12.7. The molecule has 0 unspecified atom stereocenters. The number of halogens is 1. The van der Waals surface area contributed by atoms with Crippen LogP contribution in [0.4, 0.5) is 10.1 Å². The second kappa shape index (κ2) is 4.12. The predicted molar refractivity (Wildman–Crippen MR) is 55.6 cm³/mol. The average Bonchev–Trinajstić information content (AvgIpc) is 2.73. The molecule has 0 fully saturated rings. The van der Waals surface area contributed by atoms with Crippen LogP contribution in [-0.4, -0.2) is 21.0 Å². The van der Waals surface area contributed by atoms with E-state index in [2.05, 4.69) is 5.10 Å². The number of nitro groups is 1. The maximum Gasteiger partial charge on any atom is 0.318 e. The SMILES string of the molecule is O=Cc1c([N+](=O)[O-])cnn1-c1ccc(F)cc1. The highest BCUT2D eigenvalue weighted by molar-refractivity contribution is 5.79. The maximum atomic E-state index is 12.7. The van der Waals surface area contributed by atoms with Crippen molar-refractivity contribution in [3.63, 3.8) is 0 Å². The van der Waals surface area contributed by atoms with Crippen molar-refractivity contribution in [3.8, 4) is 5.69 Å². The third kappa shape index (κ3) is 1.89. The molecule has 0 amide bonds. The molecule has 2 aromatic rings. The monoisotopic (exact) mass is 235 g/mol. The number of hydrogen-bond donors (Lipinski definition) is 0. The number of rotatable bonds is 3. The molecule has 1 heterocycles. The van der Waals surface area contributed by atoms with Crippen LogP contribution in [0.2, 0.25) is 0 Å². The Hall–Kier alpha value is -2.57. The standard InChI is InChI=1S/C10H6FN3O3/c11-7-1-3-8(4-2-7)13-10(6-15)9(5-12-13)14(16)17/h1-6H. The second-order valence-electron chi connectivity index (χ2n) is 3.18. The fourth-order valence-electron chi connectivity index (χ4n) is 1.39. The van der Waals surface area contributed by atoms with Crippen LogP contribution >= 0.6 is 0 Å². The third-order valence-electron chi connectivity index (χ3n) is 2.17. The Bertz CT molecular complexity index is 577. The van der Waals surface area contributed by atoms with E-state index in [9.17, 15) is 19.3 Å². The number of benzene rings is 1. The van der Waals surface area contributed by atoms with Crippen LogP contribution in [0.3, 0.4) is 0 Å². The van der Waals surface area contributed by atoms with Crippen molar-refractivity contribution < 1.29 is 14.1 Å². The topological polar surface area (TPSA) is 78.0 Å². The molecule has 0 bridgehead atoms. The quantitative estimate of drug-likeness (QED) is 0.461. The fraction of sp³-hybridized carbons (Fsp3) is 0. The Labute approximate surface area is 94.4 Å². The van der Waals surface area contributed by atoms with Gasteiger partial charge in [0.05, 0.1) is 10.6 Å². The summed E-state index contributed by atoms with van der Waals surface area (Å²) in [6.07, 6.45) is 1.32. The molecule has 0 atom stereocenters. The third-order valence-corrected chi connectivity index (χ3v) is 2.17. The molecule has 1 aromatic carbocycles. The largest absolute Gasteiger partial charge is 0.318 e. The van der Waals surface area contributed by atoms with Crippen molar-refractivity contribution in [2.45, 2.75) is 0 Å². The van der Waals surface area contributed by atoms with Crippen molar-refractivity contribution in [1.29, 1.82) is 0 Å². The number of carbonyl (C=O) groups excluding carboxylic acids is 1. The Morgan fingerprint density at radius 2 is 2.00 bits per heavy atom. The first-order valence-electron chi connectivity index (χ1n) is 4.57. The molecule has 0 aliphatic heterocycles. The number of aromatic nitrogens is 2. The Morgan fingerprint density at radius 1 is 1.35 bits per heavy atom. The first kappa shape index (κ1) is 10.9. The van der Waals surface area contributed by atoms with Crippen molar-refractivity contribution in [1.82, 2.24) is 9.78 Å². The lowest BCUT2D eigenvalue weighted by Gasteiger charge is -2.01. The van der Waals surface area contributed by atoms with Gasteiger partial charge < -0.3 is 0 Å². The molecule has 0 saturated heterocycles. The molecule has 0 N–H and O–H groups in total. The molecule has 6 nitrogen and oxygen atoms in total. The zero-order valence-corrected chi connectivity index (χ0v) is 8.41. The second-order valence-corrected chi connectivity index (χ2v) is 3.18. The molecule has 17 heavy (non-hydrogen) atoms. The number of aldehydes is 1. The van der Waals surface area contributed by atoms with Crippen LogP contribution in [0.1, 0.15) is 10.5 Å². The van der Waals surface area contributed by atoms with Crippen molar-refractivity contribution >= 4 is 12.0 Å². The summed E-state index contributed by atoms with van der Waals surface area (Å²) in [5.41, 5.74) is -0.187. The van der Waals surface area contributed by atoms with Gasteiger partial charge in [-0.1, -0.05) is 0 Å². The normalized spacial score (nSPS) is 10.2. The lowest BCUT2D eigenvalue weighted by molar-refractivity contribution is -0.385. The number of hydrogen-bond acceptors (Lipinski definition) is 4. The summed E-state index contributed by atoms with van der Waals surface area (Å²) in [6.45, 7) is 0. The molecule has 7 heteroatoms. The lowest BCUT2D eigenvalue weighted by Crippen LogP contribution is -2.02. The zero-order valence-electron chi connectivity index (χ0n) is 8.41. The molecule has 2 rings (SSSR count). The first-order valence-corrected chi connectivity index (χ1v) is 4.57. The molecule has 1 aromatic heterocycles. The summed E-state index contributed by atoms with van der Waals surface area (Å²) in [5.74, 6) is -0.442. The average molecular weight is 235 g/mol. The van der Waals surface area contributed by atoms with E-state index in [0.29, 0.717) is 12.0 Å². The highest BCUT2D eigenvalue weighted by atomic mass is 19.1. The van der Waals surface area contributed by atoms with E-state index in [-0.39, 0.29) is 11.4 Å². The van der Waals surface area contributed by atoms with Gasteiger partial charge >= 0.3 is 5.69 Å². The minimum atomic E-state index is -0.698. The van der Waals surface area contributed by atoms with Crippen LogP contribution in [0.25, 0.3) is 5.69 Å². The van der Waals surface area contributed by atoms with Gasteiger partial charge in [0.15, 0.2) is 12.0 Å². The van der Waals surface area contributed by atoms with Crippen LogP contribution in [0.5, 0.6) is 0 Å². The highest BCUT2D eigenvalue weighted by Gasteiger charge is 2.20. The molecule has 0 aliphatic rings. The van der Waals surface area contributed by atoms with Crippen molar-refractivity contribution in [3.05, 3.63) is 52.1 Å². The number of nitrogens with zero attached hydrogens (tertiary/aromatic N) is 3. The van der Waals surface area contributed by atoms with E-state index in [1.165, 1.54) is 24.3 Å². The first-order chi connectivity index (χ1) is 8.13. The van der Waals surface area contributed by atoms with E-state index < -0.39 is 10.7 Å². The van der Waals surface area contributed by atoms with Crippen molar-refractivity contribution in [2.75, 3.05) is 0 Å². The lowest BCUT2D eigenvalue weighted by atomic mass is 10.3. The van der Waals surface area contributed by atoms with E-state index >= 15 is 0 Å². The van der Waals surface area contributed by atoms with Gasteiger partial charge in [-0.25, -0.2) is 9.07 Å². The smallest absolute Gasteiger partial charge is 0.296 e. The summed E-state index contributed by atoms with van der Waals surface area (Å²) in [6, 6.07) is 5.10. The Balaban J connectivity index is 2.56.